The van der Waals surface area contributed by atoms with Crippen LogP contribution in [0.2, 0.25) is 0 Å². The van der Waals surface area contributed by atoms with Gasteiger partial charge in [-0.2, -0.15) is 0 Å². The summed E-state index contributed by atoms with van der Waals surface area (Å²) >= 11 is 1.62. The number of benzene rings is 1. The first kappa shape index (κ1) is 14.2. The zero-order valence-electron chi connectivity index (χ0n) is 11.3. The average Bonchev–Trinajstić information content (AvgIpc) is 2.78. The molecule has 0 amide bonds. The molecule has 1 atom stereocenters. The Labute approximate surface area is 117 Å². The minimum atomic E-state index is 0.280. The van der Waals surface area contributed by atoms with Crippen molar-refractivity contribution in [2.45, 2.75) is 32.6 Å². The standard InChI is InChI=1S/C15H20N2OS/c1-11(8-9-16)6-7-12(18)10-15-17-13-4-2-3-5-14(13)19-15/h2-5,11H,6-10,16H2,1H3. The van der Waals surface area contributed by atoms with Gasteiger partial charge in [0.05, 0.1) is 16.6 Å². The number of aromatic nitrogens is 1. The average molecular weight is 276 g/mol. The van der Waals surface area contributed by atoms with Crippen LogP contribution in [0.25, 0.3) is 10.2 Å². The highest BCUT2D eigenvalue weighted by Gasteiger charge is 2.10. The maximum atomic E-state index is 11.9. The second-order valence-electron chi connectivity index (χ2n) is 5.01. The lowest BCUT2D eigenvalue weighted by Crippen LogP contribution is -2.09. The molecule has 0 aliphatic heterocycles. The molecule has 0 saturated heterocycles. The van der Waals surface area contributed by atoms with Crippen LogP contribution in [0.5, 0.6) is 0 Å². The molecule has 1 heterocycles. The normalized spacial score (nSPS) is 12.7. The predicted molar refractivity (Wildman–Crippen MR) is 80.4 cm³/mol. The molecule has 0 radical (unpaired) electrons. The summed E-state index contributed by atoms with van der Waals surface area (Å²) in [4.78, 5) is 16.4. The molecule has 1 aromatic carbocycles. The van der Waals surface area contributed by atoms with Gasteiger partial charge in [0.25, 0.3) is 0 Å². The van der Waals surface area contributed by atoms with E-state index in [1.807, 2.05) is 24.3 Å². The third-order valence-electron chi connectivity index (χ3n) is 3.26. The summed E-state index contributed by atoms with van der Waals surface area (Å²) in [5.74, 6) is 0.812. The summed E-state index contributed by atoms with van der Waals surface area (Å²) < 4.78 is 1.15. The predicted octanol–water partition coefficient (Wildman–Crippen LogP) is 3.17. The van der Waals surface area contributed by atoms with E-state index in [-0.39, 0.29) is 5.78 Å². The first-order valence-corrected chi connectivity index (χ1v) is 7.57. The molecular weight excluding hydrogens is 256 g/mol. The Bertz CT molecular complexity index is 517. The quantitative estimate of drug-likeness (QED) is 0.845. The first-order valence-electron chi connectivity index (χ1n) is 6.75. The molecule has 19 heavy (non-hydrogen) atoms. The lowest BCUT2D eigenvalue weighted by molar-refractivity contribution is -0.118. The summed E-state index contributed by atoms with van der Waals surface area (Å²) in [6, 6.07) is 8.01. The molecule has 1 unspecified atom stereocenters. The van der Waals surface area contributed by atoms with Gasteiger partial charge in [-0.1, -0.05) is 19.1 Å². The summed E-state index contributed by atoms with van der Waals surface area (Å²) in [5.41, 5.74) is 6.50. The van der Waals surface area contributed by atoms with E-state index in [2.05, 4.69) is 11.9 Å². The Hall–Kier alpha value is -1.26. The molecule has 2 aromatic rings. The van der Waals surface area contributed by atoms with Gasteiger partial charge in [-0.3, -0.25) is 4.79 Å². The number of para-hydroxylation sites is 1. The molecule has 0 aliphatic rings. The molecule has 0 saturated carbocycles. The van der Waals surface area contributed by atoms with Crippen molar-refractivity contribution in [3.05, 3.63) is 29.3 Å². The zero-order valence-corrected chi connectivity index (χ0v) is 12.1. The topological polar surface area (TPSA) is 56.0 Å². The van der Waals surface area contributed by atoms with Crippen molar-refractivity contribution in [1.82, 2.24) is 4.98 Å². The number of hydrogen-bond donors (Lipinski definition) is 1. The van der Waals surface area contributed by atoms with E-state index in [9.17, 15) is 4.79 Å². The molecule has 4 heteroatoms. The molecular formula is C15H20N2OS. The fraction of sp³-hybridized carbons (Fsp3) is 0.467. The van der Waals surface area contributed by atoms with Crippen LogP contribution < -0.4 is 5.73 Å². The van der Waals surface area contributed by atoms with Crippen LogP contribution in [0.1, 0.15) is 31.2 Å². The first-order chi connectivity index (χ1) is 9.19. The minimum absolute atomic E-state index is 0.280. The number of thiazole rings is 1. The molecule has 0 aliphatic carbocycles. The van der Waals surface area contributed by atoms with Gasteiger partial charge in [-0.25, -0.2) is 4.98 Å². The lowest BCUT2D eigenvalue weighted by Gasteiger charge is -2.07. The van der Waals surface area contributed by atoms with Crippen LogP contribution in [0.15, 0.2) is 24.3 Å². The summed E-state index contributed by atoms with van der Waals surface area (Å²) in [6.45, 7) is 2.85. The number of carbonyl (C=O) groups excluding carboxylic acids is 1. The molecule has 2 N–H and O–H groups in total. The van der Waals surface area contributed by atoms with Crippen molar-refractivity contribution >= 4 is 27.3 Å². The highest BCUT2D eigenvalue weighted by atomic mass is 32.1. The summed E-state index contributed by atoms with van der Waals surface area (Å²) in [5, 5.41) is 0.928. The van der Waals surface area contributed by atoms with E-state index in [1.54, 1.807) is 11.3 Å². The highest BCUT2D eigenvalue weighted by Crippen LogP contribution is 2.22. The Balaban J connectivity index is 1.88. The van der Waals surface area contributed by atoms with Gasteiger partial charge in [0.1, 0.15) is 10.8 Å². The molecule has 3 nitrogen and oxygen atoms in total. The Morgan fingerprint density at radius 3 is 2.89 bits per heavy atom. The van der Waals surface area contributed by atoms with E-state index in [1.165, 1.54) is 0 Å². The number of Topliss-reactive ketones (excluding diaryl/α,β-unsaturated/α-hetero) is 1. The minimum Gasteiger partial charge on any atom is -0.330 e. The number of ketones is 1. The van der Waals surface area contributed by atoms with E-state index >= 15 is 0 Å². The van der Waals surface area contributed by atoms with Crippen LogP contribution in [0.3, 0.4) is 0 Å². The lowest BCUT2D eigenvalue weighted by atomic mass is 9.99. The SMILES string of the molecule is CC(CCN)CCC(=O)Cc1nc2ccccc2s1. The third kappa shape index (κ3) is 4.11. The molecule has 0 fully saturated rings. The Morgan fingerprint density at radius 1 is 1.37 bits per heavy atom. The van der Waals surface area contributed by atoms with Gasteiger partial charge in [-0.05, 0) is 37.4 Å². The largest absolute Gasteiger partial charge is 0.330 e. The van der Waals surface area contributed by atoms with Crippen LogP contribution >= 0.6 is 11.3 Å². The monoisotopic (exact) mass is 276 g/mol. The van der Waals surface area contributed by atoms with E-state index in [4.69, 9.17) is 5.73 Å². The van der Waals surface area contributed by atoms with Crippen molar-refractivity contribution in [3.63, 3.8) is 0 Å². The smallest absolute Gasteiger partial charge is 0.139 e. The zero-order chi connectivity index (χ0) is 13.7. The van der Waals surface area contributed by atoms with Gasteiger partial charge in [-0.15, -0.1) is 11.3 Å². The van der Waals surface area contributed by atoms with Crippen molar-refractivity contribution in [2.24, 2.45) is 11.7 Å². The van der Waals surface area contributed by atoms with Gasteiger partial charge < -0.3 is 5.73 Å². The van der Waals surface area contributed by atoms with Gasteiger partial charge >= 0.3 is 0 Å². The van der Waals surface area contributed by atoms with Gasteiger partial charge in [0.15, 0.2) is 0 Å². The van der Waals surface area contributed by atoms with Crippen molar-refractivity contribution < 1.29 is 4.79 Å². The number of rotatable bonds is 7. The molecule has 0 bridgehead atoms. The second-order valence-corrected chi connectivity index (χ2v) is 6.13. The molecule has 1 aromatic heterocycles. The number of hydrogen-bond acceptors (Lipinski definition) is 4. The molecule has 0 spiro atoms. The van der Waals surface area contributed by atoms with Gasteiger partial charge in [0, 0.05) is 6.42 Å². The Kier molecular flexibility index (Phi) is 5.05. The molecule has 2 rings (SSSR count). The second kappa shape index (κ2) is 6.78. The van der Waals surface area contributed by atoms with E-state index in [0.29, 0.717) is 25.3 Å². The fourth-order valence-electron chi connectivity index (χ4n) is 2.09. The van der Waals surface area contributed by atoms with E-state index in [0.717, 1.165) is 28.1 Å². The van der Waals surface area contributed by atoms with E-state index < -0.39 is 0 Å². The molecule has 102 valence electrons. The van der Waals surface area contributed by atoms with Crippen LogP contribution in [-0.4, -0.2) is 17.3 Å². The number of nitrogens with two attached hydrogens (primary N) is 1. The maximum absolute atomic E-state index is 11.9. The summed E-state index contributed by atoms with van der Waals surface area (Å²) in [7, 11) is 0. The van der Waals surface area contributed by atoms with Crippen LogP contribution in [-0.2, 0) is 11.2 Å². The van der Waals surface area contributed by atoms with Crippen molar-refractivity contribution in [3.8, 4) is 0 Å². The fourth-order valence-corrected chi connectivity index (χ4v) is 3.08. The number of nitrogens with zero attached hydrogens (tertiary/aromatic N) is 1. The highest BCUT2D eigenvalue weighted by molar-refractivity contribution is 7.18. The number of carbonyl (C=O) groups is 1. The number of fused-ring (bicyclic) bond motifs is 1. The summed E-state index contributed by atoms with van der Waals surface area (Å²) in [6.07, 6.45) is 3.03. The van der Waals surface area contributed by atoms with Gasteiger partial charge in [0.2, 0.25) is 0 Å². The maximum Gasteiger partial charge on any atom is 0.139 e. The van der Waals surface area contributed by atoms with Crippen LogP contribution in [0.4, 0.5) is 0 Å². The van der Waals surface area contributed by atoms with Crippen molar-refractivity contribution in [1.29, 1.82) is 0 Å². The van der Waals surface area contributed by atoms with Crippen molar-refractivity contribution in [2.75, 3.05) is 6.54 Å². The van der Waals surface area contributed by atoms with Crippen LogP contribution in [0, 0.1) is 5.92 Å². The third-order valence-corrected chi connectivity index (χ3v) is 4.30. The Morgan fingerprint density at radius 2 is 2.16 bits per heavy atom.